The van der Waals surface area contributed by atoms with E-state index in [0.717, 1.165) is 45.8 Å². The molecule has 5 aromatic carbocycles. The van der Waals surface area contributed by atoms with E-state index in [4.69, 9.17) is 23.9 Å². The fourth-order valence-electron chi connectivity index (χ4n) is 9.15. The number of nitrogens with zero attached hydrogens (tertiary/aromatic N) is 4. The second-order valence-corrected chi connectivity index (χ2v) is 16.2. The van der Waals surface area contributed by atoms with E-state index in [0.29, 0.717) is 64.3 Å². The van der Waals surface area contributed by atoms with Gasteiger partial charge in [-0.15, -0.1) is 0 Å². The van der Waals surface area contributed by atoms with Crippen molar-refractivity contribution in [2.45, 2.75) is 70.7 Å². The van der Waals surface area contributed by atoms with Crippen molar-refractivity contribution in [1.29, 1.82) is 0 Å². The number of benzene rings is 5. The largest absolute Gasteiger partial charge is 0.493 e. The lowest BCUT2D eigenvalue weighted by Crippen LogP contribution is -2.37. The predicted molar refractivity (Wildman–Crippen MR) is 237 cm³/mol. The minimum absolute atomic E-state index is 0.0155. The van der Waals surface area contributed by atoms with E-state index in [2.05, 4.69) is 6.07 Å². The van der Waals surface area contributed by atoms with Gasteiger partial charge in [-0.25, -0.2) is 0 Å². The molecule has 9 rings (SSSR count). The molecule has 0 fully saturated rings. The summed E-state index contributed by atoms with van der Waals surface area (Å²) >= 11 is 0. The average Bonchev–Trinajstić information content (AvgIpc) is 3.78. The van der Waals surface area contributed by atoms with Crippen LogP contribution < -0.4 is 28.9 Å². The number of aliphatic imine (C=N–C) groups is 1. The third-order valence-electron chi connectivity index (χ3n) is 12.2. The van der Waals surface area contributed by atoms with Gasteiger partial charge in [0, 0.05) is 48.8 Å². The second kappa shape index (κ2) is 17.3. The summed E-state index contributed by atoms with van der Waals surface area (Å²) in [5.41, 5.74) is 8.67. The normalized spacial score (nSPS) is 16.7. The van der Waals surface area contributed by atoms with E-state index in [1.807, 2.05) is 72.5 Å². The van der Waals surface area contributed by atoms with Gasteiger partial charge in [-0.3, -0.25) is 34.0 Å². The number of methoxy groups -OCH3 is 2. The first-order valence-electron chi connectivity index (χ1n) is 21.0. The summed E-state index contributed by atoms with van der Waals surface area (Å²) in [4.78, 5) is 75.9. The van der Waals surface area contributed by atoms with Crippen LogP contribution in [0.25, 0.3) is 0 Å². The van der Waals surface area contributed by atoms with E-state index in [1.165, 1.54) is 19.8 Å². The Morgan fingerprint density at radius 3 is 2.16 bits per heavy atom. The summed E-state index contributed by atoms with van der Waals surface area (Å²) in [5, 5.41) is 0. The first-order chi connectivity index (χ1) is 30.6. The number of aldehydes is 1. The van der Waals surface area contributed by atoms with Gasteiger partial charge in [0.15, 0.2) is 11.5 Å². The Bertz CT molecular complexity index is 2710. The molecule has 0 saturated carbocycles. The SMILES string of the molecule is COCCC(=O)N(C(=O)CC=O)c1cc(COc2cc3c(cc2C)C(=O)N2c4ccccc4C[C@H]2CC3)cc(COc2cc3c(cc2OC)C(=O)N2c4ccccc4C[C@H]2C=N3)c1. The van der Waals surface area contributed by atoms with Gasteiger partial charge >= 0.3 is 0 Å². The number of ether oxygens (including phenoxy) is 4. The highest BCUT2D eigenvalue weighted by Gasteiger charge is 2.38. The summed E-state index contributed by atoms with van der Waals surface area (Å²) in [6.45, 7) is 1.97. The van der Waals surface area contributed by atoms with Crippen molar-refractivity contribution in [3.05, 3.63) is 136 Å². The van der Waals surface area contributed by atoms with Crippen molar-refractivity contribution in [1.82, 2.24) is 0 Å². The van der Waals surface area contributed by atoms with Crippen molar-refractivity contribution >= 4 is 58.9 Å². The van der Waals surface area contributed by atoms with Crippen LogP contribution >= 0.6 is 0 Å². The lowest BCUT2D eigenvalue weighted by molar-refractivity contribution is -0.127. The van der Waals surface area contributed by atoms with Gasteiger partial charge in [0.05, 0.1) is 49.5 Å². The number of anilines is 3. The summed E-state index contributed by atoms with van der Waals surface area (Å²) < 4.78 is 23.7. The van der Waals surface area contributed by atoms with E-state index in [1.54, 1.807) is 35.4 Å². The van der Waals surface area contributed by atoms with Crippen LogP contribution in [0.1, 0.15) is 73.4 Å². The smallest absolute Gasteiger partial charge is 0.261 e. The summed E-state index contributed by atoms with van der Waals surface area (Å²) in [5.74, 6) is -0.187. The maximum absolute atomic E-state index is 14.0. The number of amides is 4. The summed E-state index contributed by atoms with van der Waals surface area (Å²) in [7, 11) is 2.95. The van der Waals surface area contributed by atoms with Crippen molar-refractivity contribution < 1.29 is 42.9 Å². The van der Waals surface area contributed by atoms with Gasteiger partial charge in [0.2, 0.25) is 11.8 Å². The van der Waals surface area contributed by atoms with Crippen LogP contribution in [0.15, 0.2) is 96.0 Å². The number of hydrogen-bond acceptors (Lipinski definition) is 10. The van der Waals surface area contributed by atoms with Crippen LogP contribution in [-0.2, 0) is 51.6 Å². The maximum Gasteiger partial charge on any atom is 0.261 e. The van der Waals surface area contributed by atoms with Crippen LogP contribution in [0.3, 0.4) is 0 Å². The van der Waals surface area contributed by atoms with E-state index in [-0.39, 0.29) is 55.8 Å². The minimum Gasteiger partial charge on any atom is -0.493 e. The number of fused-ring (bicyclic) bond motifs is 8. The number of imide groups is 1. The molecule has 5 aromatic rings. The molecular weight excluding hydrogens is 801 g/mol. The lowest BCUT2D eigenvalue weighted by atomic mass is 9.98. The molecule has 0 spiro atoms. The zero-order valence-corrected chi connectivity index (χ0v) is 35.3. The molecule has 4 aliphatic rings. The first kappa shape index (κ1) is 41.2. The van der Waals surface area contributed by atoms with Crippen LogP contribution in [0.2, 0.25) is 0 Å². The molecule has 4 amide bonds. The summed E-state index contributed by atoms with van der Waals surface area (Å²) in [6.07, 6.45) is 4.65. The molecule has 0 N–H and O–H groups in total. The number of hydrogen-bond donors (Lipinski definition) is 0. The molecule has 4 aliphatic heterocycles. The predicted octanol–water partition coefficient (Wildman–Crippen LogP) is 7.45. The van der Waals surface area contributed by atoms with E-state index in [9.17, 15) is 24.0 Å². The quantitative estimate of drug-likeness (QED) is 0.0872. The molecule has 4 heterocycles. The number of carbonyl (C=O) groups is 5. The molecular formula is C50H46N4O9. The molecule has 0 radical (unpaired) electrons. The Kier molecular flexibility index (Phi) is 11.3. The molecule has 0 aromatic heterocycles. The highest BCUT2D eigenvalue weighted by Crippen LogP contribution is 2.42. The van der Waals surface area contributed by atoms with Crippen molar-refractivity contribution in [2.24, 2.45) is 4.99 Å². The Hall–Kier alpha value is -7.12. The number of para-hydroxylation sites is 2. The number of rotatable bonds is 13. The second-order valence-electron chi connectivity index (χ2n) is 16.2. The Morgan fingerprint density at radius 2 is 1.44 bits per heavy atom. The fourth-order valence-corrected chi connectivity index (χ4v) is 9.15. The fraction of sp³-hybridized carbons (Fsp3) is 0.280. The van der Waals surface area contributed by atoms with Crippen molar-refractivity contribution in [2.75, 3.05) is 35.5 Å². The topological polar surface area (TPSA) is 144 Å². The molecule has 13 heteroatoms. The zero-order chi connectivity index (χ0) is 43.8. The van der Waals surface area contributed by atoms with Gasteiger partial charge < -0.3 is 28.6 Å². The Balaban J connectivity index is 1.01. The summed E-state index contributed by atoms with van der Waals surface area (Å²) in [6, 6.07) is 28.1. The molecule has 2 atom stereocenters. The van der Waals surface area contributed by atoms with Gasteiger partial charge in [-0.2, -0.15) is 0 Å². The maximum atomic E-state index is 14.0. The van der Waals surface area contributed by atoms with Gasteiger partial charge in [-0.05, 0) is 108 Å². The van der Waals surface area contributed by atoms with Crippen molar-refractivity contribution in [3.8, 4) is 17.2 Å². The highest BCUT2D eigenvalue weighted by molar-refractivity contribution is 6.17. The third-order valence-corrected chi connectivity index (χ3v) is 12.2. The van der Waals surface area contributed by atoms with Gasteiger partial charge in [0.25, 0.3) is 11.8 Å². The number of aryl methyl sites for hydroxylation is 2. The monoisotopic (exact) mass is 846 g/mol. The molecule has 320 valence electrons. The lowest BCUT2D eigenvalue weighted by Gasteiger charge is -2.23. The first-order valence-corrected chi connectivity index (χ1v) is 21.0. The molecule has 0 saturated heterocycles. The third kappa shape index (κ3) is 7.84. The van der Waals surface area contributed by atoms with Gasteiger partial charge in [0.1, 0.15) is 25.2 Å². The molecule has 13 nitrogen and oxygen atoms in total. The van der Waals surface area contributed by atoms with E-state index >= 15 is 0 Å². The molecule has 63 heavy (non-hydrogen) atoms. The highest BCUT2D eigenvalue weighted by atomic mass is 16.5. The Morgan fingerprint density at radius 1 is 0.762 bits per heavy atom. The number of carbonyl (C=O) groups excluding carboxylic acids is 5. The van der Waals surface area contributed by atoms with Gasteiger partial charge in [-0.1, -0.05) is 36.4 Å². The van der Waals surface area contributed by atoms with Crippen LogP contribution in [0.4, 0.5) is 22.7 Å². The minimum atomic E-state index is -0.691. The van der Waals surface area contributed by atoms with Crippen LogP contribution in [-0.4, -0.2) is 69.0 Å². The Labute approximate surface area is 364 Å². The van der Waals surface area contributed by atoms with E-state index < -0.39 is 18.2 Å². The molecule has 0 bridgehead atoms. The van der Waals surface area contributed by atoms with Crippen LogP contribution in [0, 0.1) is 6.92 Å². The molecule has 0 unspecified atom stereocenters. The average molecular weight is 847 g/mol. The van der Waals surface area contributed by atoms with Crippen LogP contribution in [0.5, 0.6) is 17.2 Å². The molecule has 0 aliphatic carbocycles. The van der Waals surface area contributed by atoms with Crippen molar-refractivity contribution in [3.63, 3.8) is 0 Å². The standard InChI is InChI=1S/C50H46N4O9/c1-30-18-39-33(12-13-36-22-34-8-4-6-10-42(34)52(36)49(39)58)24-44(30)62-28-31-19-32(21-37(20-31)54(47(56)14-16-55)48(57)15-17-60-2)29-63-46-26-41-40(25-45(46)61-3)50(59)53-38(27-51-41)23-35-9-5-7-11-43(35)53/h4-11,16,18-21,24-27,36,38H,12-15,17,22-23,28-29H2,1-3H3/t36-,38+/m1/s1. The zero-order valence-electron chi connectivity index (χ0n) is 35.3.